The Kier molecular flexibility index (Phi) is 7.86. The standard InChI is InChI=1S/C32H33N3O5/c1-19(2)15-29(31(37)38)34-30(36)28(16-20-17-33-27-14-8-7-9-21(20)27)35-32(39)40-18-26-24-12-5-3-10-22(24)23-11-4-6-13-25(23)26/h3-14,17,19,26,28-29,33H,15-16,18H2,1-2H3,(H,34,36)(H,35,39)(H,37,38)/t28-,29-/m0/s1. The summed E-state index contributed by atoms with van der Waals surface area (Å²) in [7, 11) is 0. The molecule has 0 unspecified atom stereocenters. The number of aromatic amines is 1. The molecule has 40 heavy (non-hydrogen) atoms. The average Bonchev–Trinajstić information content (AvgIpc) is 3.49. The van der Waals surface area contributed by atoms with Gasteiger partial charge >= 0.3 is 12.1 Å². The topological polar surface area (TPSA) is 121 Å². The van der Waals surface area contributed by atoms with Crippen LogP contribution in [0.4, 0.5) is 4.79 Å². The van der Waals surface area contributed by atoms with Crippen LogP contribution in [0.25, 0.3) is 22.0 Å². The molecule has 1 aliphatic carbocycles. The summed E-state index contributed by atoms with van der Waals surface area (Å²) in [5.41, 5.74) is 6.14. The molecule has 3 aromatic carbocycles. The minimum Gasteiger partial charge on any atom is -0.480 e. The summed E-state index contributed by atoms with van der Waals surface area (Å²) in [5, 5.41) is 15.9. The Morgan fingerprint density at radius 2 is 1.50 bits per heavy atom. The van der Waals surface area contributed by atoms with Gasteiger partial charge in [-0.05, 0) is 46.2 Å². The van der Waals surface area contributed by atoms with E-state index in [1.165, 1.54) is 0 Å². The fraction of sp³-hybridized carbons (Fsp3) is 0.281. The molecule has 2 atom stereocenters. The Morgan fingerprint density at radius 1 is 0.875 bits per heavy atom. The molecule has 2 amide bonds. The molecule has 0 aliphatic heterocycles. The van der Waals surface area contributed by atoms with Gasteiger partial charge in [0.2, 0.25) is 5.91 Å². The van der Waals surface area contributed by atoms with Crippen molar-refractivity contribution < 1.29 is 24.2 Å². The number of alkyl carbamates (subject to hydrolysis) is 1. The minimum absolute atomic E-state index is 0.0589. The number of para-hydroxylation sites is 1. The molecule has 1 aromatic heterocycles. The van der Waals surface area contributed by atoms with Crippen LogP contribution in [0.5, 0.6) is 0 Å². The van der Waals surface area contributed by atoms with Crippen molar-refractivity contribution in [3.8, 4) is 11.1 Å². The molecule has 4 N–H and O–H groups in total. The molecule has 206 valence electrons. The average molecular weight is 540 g/mol. The molecule has 0 spiro atoms. The molecular weight excluding hydrogens is 506 g/mol. The maximum Gasteiger partial charge on any atom is 0.407 e. The second-order valence-electron chi connectivity index (χ2n) is 10.6. The number of rotatable bonds is 10. The molecule has 0 radical (unpaired) electrons. The van der Waals surface area contributed by atoms with Crippen molar-refractivity contribution in [1.82, 2.24) is 15.6 Å². The molecule has 8 heteroatoms. The normalized spacial score (nSPS) is 13.9. The number of aliphatic carboxylic acids is 1. The van der Waals surface area contributed by atoms with Crippen molar-refractivity contribution in [2.45, 2.75) is 44.7 Å². The summed E-state index contributed by atoms with van der Waals surface area (Å²) in [4.78, 5) is 41.5. The molecule has 0 saturated carbocycles. The lowest BCUT2D eigenvalue weighted by atomic mass is 9.98. The van der Waals surface area contributed by atoms with Gasteiger partial charge in [-0.2, -0.15) is 0 Å². The van der Waals surface area contributed by atoms with Crippen LogP contribution in [0, 0.1) is 5.92 Å². The Morgan fingerprint density at radius 3 is 2.15 bits per heavy atom. The third-order valence-corrected chi connectivity index (χ3v) is 7.37. The highest BCUT2D eigenvalue weighted by molar-refractivity contribution is 5.91. The van der Waals surface area contributed by atoms with Crippen molar-refractivity contribution in [1.29, 1.82) is 0 Å². The zero-order chi connectivity index (χ0) is 28.2. The van der Waals surface area contributed by atoms with Crippen LogP contribution in [0.15, 0.2) is 79.0 Å². The lowest BCUT2D eigenvalue weighted by Crippen LogP contribution is -2.53. The van der Waals surface area contributed by atoms with Crippen molar-refractivity contribution >= 4 is 28.9 Å². The predicted molar refractivity (Wildman–Crippen MR) is 153 cm³/mol. The third-order valence-electron chi connectivity index (χ3n) is 7.37. The zero-order valence-electron chi connectivity index (χ0n) is 22.5. The summed E-state index contributed by atoms with van der Waals surface area (Å²) in [6.45, 7) is 3.88. The van der Waals surface area contributed by atoms with Crippen LogP contribution in [0.1, 0.15) is 42.9 Å². The van der Waals surface area contributed by atoms with Crippen LogP contribution in [-0.2, 0) is 20.7 Å². The quantitative estimate of drug-likeness (QED) is 0.220. The zero-order valence-corrected chi connectivity index (χ0v) is 22.5. The molecule has 1 aliphatic rings. The van der Waals surface area contributed by atoms with Gasteiger partial charge in [0.1, 0.15) is 18.7 Å². The number of carbonyl (C=O) groups is 3. The van der Waals surface area contributed by atoms with E-state index in [2.05, 4.69) is 27.8 Å². The number of carboxylic acid groups (broad SMARTS) is 1. The van der Waals surface area contributed by atoms with Crippen LogP contribution in [-0.4, -0.2) is 46.8 Å². The van der Waals surface area contributed by atoms with Gasteiger partial charge in [-0.3, -0.25) is 4.79 Å². The van der Waals surface area contributed by atoms with Gasteiger partial charge in [0.25, 0.3) is 0 Å². The lowest BCUT2D eigenvalue weighted by molar-refractivity contribution is -0.142. The van der Waals surface area contributed by atoms with Gasteiger partial charge in [-0.15, -0.1) is 0 Å². The van der Waals surface area contributed by atoms with Crippen molar-refractivity contribution in [3.63, 3.8) is 0 Å². The second-order valence-corrected chi connectivity index (χ2v) is 10.6. The number of carboxylic acids is 1. The van der Waals surface area contributed by atoms with E-state index < -0.39 is 30.1 Å². The Balaban J connectivity index is 1.33. The van der Waals surface area contributed by atoms with Crippen molar-refractivity contribution in [2.24, 2.45) is 5.92 Å². The maximum atomic E-state index is 13.4. The first-order chi connectivity index (χ1) is 19.3. The van der Waals surface area contributed by atoms with Gasteiger partial charge in [0.05, 0.1) is 0 Å². The first kappa shape index (κ1) is 27.0. The van der Waals surface area contributed by atoms with Gasteiger partial charge in [-0.1, -0.05) is 80.6 Å². The van der Waals surface area contributed by atoms with E-state index in [9.17, 15) is 19.5 Å². The minimum atomic E-state index is -1.12. The molecule has 4 aromatic rings. The molecule has 0 fully saturated rings. The Bertz CT molecular complexity index is 1500. The highest BCUT2D eigenvalue weighted by atomic mass is 16.5. The summed E-state index contributed by atoms with van der Waals surface area (Å²) in [6, 6.07) is 21.7. The number of carbonyl (C=O) groups excluding carboxylic acids is 2. The molecule has 8 nitrogen and oxygen atoms in total. The van der Waals surface area contributed by atoms with E-state index in [1.54, 1.807) is 6.20 Å². The lowest BCUT2D eigenvalue weighted by Gasteiger charge is -2.22. The first-order valence-corrected chi connectivity index (χ1v) is 13.5. The maximum absolute atomic E-state index is 13.4. The number of hydrogen-bond acceptors (Lipinski definition) is 4. The number of H-pyrrole nitrogens is 1. The highest BCUT2D eigenvalue weighted by Gasteiger charge is 2.31. The van der Waals surface area contributed by atoms with Gasteiger partial charge in [-0.25, -0.2) is 9.59 Å². The van der Waals surface area contributed by atoms with E-state index in [1.807, 2.05) is 74.5 Å². The number of benzene rings is 3. The summed E-state index contributed by atoms with van der Waals surface area (Å²) < 4.78 is 5.69. The smallest absolute Gasteiger partial charge is 0.407 e. The van der Waals surface area contributed by atoms with Crippen molar-refractivity contribution in [3.05, 3.63) is 95.7 Å². The van der Waals surface area contributed by atoms with E-state index in [-0.39, 0.29) is 31.3 Å². The number of amides is 2. The first-order valence-electron chi connectivity index (χ1n) is 13.5. The largest absolute Gasteiger partial charge is 0.480 e. The second kappa shape index (κ2) is 11.7. The number of fused-ring (bicyclic) bond motifs is 4. The number of ether oxygens (including phenoxy) is 1. The number of hydrogen-bond donors (Lipinski definition) is 4. The third kappa shape index (κ3) is 5.71. The number of aromatic nitrogens is 1. The Labute approximate surface area is 232 Å². The van der Waals surface area contributed by atoms with E-state index in [4.69, 9.17) is 4.74 Å². The van der Waals surface area contributed by atoms with Gasteiger partial charge < -0.3 is 25.5 Å². The van der Waals surface area contributed by atoms with E-state index in [0.717, 1.165) is 38.7 Å². The van der Waals surface area contributed by atoms with Gasteiger partial charge in [0, 0.05) is 29.4 Å². The highest BCUT2D eigenvalue weighted by Crippen LogP contribution is 2.44. The fourth-order valence-corrected chi connectivity index (χ4v) is 5.48. The van der Waals surface area contributed by atoms with Crippen LogP contribution in [0.3, 0.4) is 0 Å². The molecule has 0 bridgehead atoms. The van der Waals surface area contributed by atoms with Crippen LogP contribution < -0.4 is 10.6 Å². The molecule has 5 rings (SSSR count). The summed E-state index contributed by atoms with van der Waals surface area (Å²) in [5.74, 6) is -1.76. The van der Waals surface area contributed by atoms with E-state index in [0.29, 0.717) is 0 Å². The summed E-state index contributed by atoms with van der Waals surface area (Å²) in [6.07, 6.45) is 1.49. The predicted octanol–water partition coefficient (Wildman–Crippen LogP) is 5.23. The van der Waals surface area contributed by atoms with Crippen LogP contribution >= 0.6 is 0 Å². The number of nitrogens with one attached hydrogen (secondary N) is 3. The summed E-state index contributed by atoms with van der Waals surface area (Å²) >= 11 is 0. The van der Waals surface area contributed by atoms with Crippen molar-refractivity contribution in [2.75, 3.05) is 6.61 Å². The molecular formula is C32H33N3O5. The fourth-order valence-electron chi connectivity index (χ4n) is 5.48. The monoisotopic (exact) mass is 539 g/mol. The molecule has 1 heterocycles. The Hall–Kier alpha value is -4.59. The van der Waals surface area contributed by atoms with Gasteiger partial charge in [0.15, 0.2) is 0 Å². The van der Waals surface area contributed by atoms with E-state index >= 15 is 0 Å². The van der Waals surface area contributed by atoms with Crippen LogP contribution in [0.2, 0.25) is 0 Å². The SMILES string of the molecule is CC(C)C[C@H](NC(=O)[C@H](Cc1c[nH]c2ccccc12)NC(=O)OCC1c2ccccc2-c2ccccc21)C(=O)O. The molecule has 0 saturated heterocycles.